The number of rotatable bonds is 6. The normalized spacial score (nSPS) is 11.3. The summed E-state index contributed by atoms with van der Waals surface area (Å²) in [5.74, 6) is 0.276. The molecule has 53 heavy (non-hydrogen) atoms. The highest BCUT2D eigenvalue weighted by atomic mass is 19.1. The highest BCUT2D eigenvalue weighted by molar-refractivity contribution is 5.92. The van der Waals surface area contributed by atoms with Crippen LogP contribution in [0.5, 0.6) is 0 Å². The summed E-state index contributed by atoms with van der Waals surface area (Å²) in [6.45, 7) is 0.433. The summed E-state index contributed by atoms with van der Waals surface area (Å²) in [5, 5.41) is 20.9. The molecule has 0 atom stereocenters. The molecule has 0 amide bonds. The molecule has 9 rings (SSSR count). The zero-order valence-electron chi connectivity index (χ0n) is 27.4. The molecule has 19 heteroatoms. The molecule has 0 aliphatic heterocycles. The number of hydrogen-bond acceptors (Lipinski definition) is 14. The third-order valence-electron chi connectivity index (χ3n) is 8.21. The Labute approximate surface area is 296 Å². The number of nitrogens with zero attached hydrogens (tertiary/aromatic N) is 12. The predicted octanol–water partition coefficient (Wildman–Crippen LogP) is 3.75. The first-order chi connectivity index (χ1) is 25.7. The van der Waals surface area contributed by atoms with Gasteiger partial charge >= 0.3 is 0 Å². The van der Waals surface area contributed by atoms with E-state index in [4.69, 9.17) is 22.9 Å². The first-order valence-electron chi connectivity index (χ1n) is 15.9. The fraction of sp³-hybridized carbons (Fsp3) is 0.0588. The molecule has 262 valence electrons. The Morgan fingerprint density at radius 2 is 1.06 bits per heavy atom. The molecule has 0 radical (unpaired) electrons. The number of nitrogens with two attached hydrogens (primary N) is 4. The van der Waals surface area contributed by atoms with Crippen molar-refractivity contribution in [3.05, 3.63) is 108 Å². The summed E-state index contributed by atoms with van der Waals surface area (Å²) in [5.41, 5.74) is 27.2. The van der Waals surface area contributed by atoms with Crippen LogP contribution in [0.3, 0.4) is 0 Å². The lowest BCUT2D eigenvalue weighted by Gasteiger charge is -2.05. The van der Waals surface area contributed by atoms with Gasteiger partial charge < -0.3 is 22.9 Å². The van der Waals surface area contributed by atoms with E-state index in [1.54, 1.807) is 70.3 Å². The van der Waals surface area contributed by atoms with Crippen molar-refractivity contribution in [1.82, 2.24) is 64.9 Å². The van der Waals surface area contributed by atoms with Gasteiger partial charge in [-0.25, -0.2) is 48.0 Å². The minimum Gasteiger partial charge on any atom is -0.393 e. The van der Waals surface area contributed by atoms with Crippen LogP contribution in [0.4, 0.5) is 31.9 Å². The summed E-state index contributed by atoms with van der Waals surface area (Å²) < 4.78 is 31.3. The van der Waals surface area contributed by atoms with Gasteiger partial charge in [-0.15, -0.1) is 5.10 Å². The van der Waals surface area contributed by atoms with Crippen LogP contribution in [0.15, 0.2) is 85.2 Å². The molecule has 9 aromatic rings. The first-order valence-corrected chi connectivity index (χ1v) is 15.9. The predicted molar refractivity (Wildman–Crippen MR) is 193 cm³/mol. The lowest BCUT2D eigenvalue weighted by Crippen LogP contribution is -2.07. The van der Waals surface area contributed by atoms with Gasteiger partial charge in [0.25, 0.3) is 0 Å². The molecule has 0 bridgehead atoms. The number of nitrogens with one attached hydrogen (secondary N) is 1. The van der Waals surface area contributed by atoms with Gasteiger partial charge in [-0.05, 0) is 36.4 Å². The maximum Gasteiger partial charge on any atom is 0.207 e. The van der Waals surface area contributed by atoms with Gasteiger partial charge in [0.1, 0.15) is 28.7 Å². The Hall–Kier alpha value is -7.70. The van der Waals surface area contributed by atoms with Crippen LogP contribution >= 0.6 is 0 Å². The average molecular weight is 712 g/mol. The lowest BCUT2D eigenvalue weighted by molar-refractivity contribution is 0.589. The second-order valence-electron chi connectivity index (χ2n) is 11.6. The summed E-state index contributed by atoms with van der Waals surface area (Å²) in [6, 6.07) is 20.3. The molecule has 17 nitrogen and oxygen atoms in total. The van der Waals surface area contributed by atoms with Crippen molar-refractivity contribution in [1.29, 1.82) is 0 Å². The molecule has 7 heterocycles. The lowest BCUT2D eigenvalue weighted by atomic mass is 10.2. The van der Waals surface area contributed by atoms with E-state index in [0.717, 1.165) is 5.39 Å². The SMILES string of the molecule is Nc1nc(-c2nn(Cc3ccccc3F)c3ncccc23)nc(N)c1N.Nc1nc(-c2nn(Cc3ccccc3F)c3ncccc23)nc2n[nH]nc12. The second-order valence-corrected chi connectivity index (χ2v) is 11.6. The number of nitrogen functional groups attached to an aromatic ring is 4. The summed E-state index contributed by atoms with van der Waals surface area (Å²) in [7, 11) is 0. The van der Waals surface area contributed by atoms with Gasteiger partial charge in [0, 0.05) is 23.5 Å². The minimum atomic E-state index is -0.314. The monoisotopic (exact) mass is 711 g/mol. The van der Waals surface area contributed by atoms with Crippen molar-refractivity contribution in [3.63, 3.8) is 0 Å². The van der Waals surface area contributed by atoms with Crippen LogP contribution in [0, 0.1) is 11.6 Å². The van der Waals surface area contributed by atoms with E-state index >= 15 is 0 Å². The zero-order valence-corrected chi connectivity index (χ0v) is 27.4. The summed E-state index contributed by atoms with van der Waals surface area (Å²) >= 11 is 0. The van der Waals surface area contributed by atoms with E-state index in [2.05, 4.69) is 55.5 Å². The molecule has 0 saturated heterocycles. The van der Waals surface area contributed by atoms with Crippen molar-refractivity contribution < 1.29 is 8.78 Å². The standard InChI is InChI=1S/C17H12FN9.C17H15FN8/c18-11-6-2-1-4-9(11)8-27-17-10(5-3-7-20-17)12(25-27)15-21-14(19)13-16(22-15)24-26-23-13;18-11-6-2-1-4-9(11)8-26-17-10(5-3-7-22-17)13(25-26)16-23-14(20)12(19)15(21)24-16/h1-7H,8H2,(H3,19,21,22,23,24,26);1-7H,8,19H2,(H4,20,21,23,24). The van der Waals surface area contributed by atoms with Crippen LogP contribution < -0.4 is 22.9 Å². The van der Waals surface area contributed by atoms with Gasteiger partial charge in [-0.3, -0.25) is 0 Å². The van der Waals surface area contributed by atoms with Crippen LogP contribution in [0.25, 0.3) is 56.3 Å². The molecule has 0 aliphatic rings. The van der Waals surface area contributed by atoms with Gasteiger partial charge in [-0.1, -0.05) is 36.4 Å². The van der Waals surface area contributed by atoms with Crippen molar-refractivity contribution in [2.45, 2.75) is 13.1 Å². The summed E-state index contributed by atoms with van der Waals surface area (Å²) in [4.78, 5) is 25.8. The molecule has 0 spiro atoms. The smallest absolute Gasteiger partial charge is 0.207 e. The fourth-order valence-electron chi connectivity index (χ4n) is 5.63. The molecule has 7 aromatic heterocycles. The van der Waals surface area contributed by atoms with Gasteiger partial charge in [0.2, 0.25) is 5.65 Å². The van der Waals surface area contributed by atoms with Crippen molar-refractivity contribution >= 4 is 56.4 Å². The number of anilines is 4. The number of H-pyrrole nitrogens is 1. The number of halogens is 2. The Kier molecular flexibility index (Phi) is 8.10. The highest BCUT2D eigenvalue weighted by Crippen LogP contribution is 2.30. The fourth-order valence-corrected chi connectivity index (χ4v) is 5.63. The van der Waals surface area contributed by atoms with Crippen LogP contribution in [-0.4, -0.2) is 64.9 Å². The van der Waals surface area contributed by atoms with Gasteiger partial charge in [-0.2, -0.15) is 20.5 Å². The quantitative estimate of drug-likeness (QED) is 0.165. The first kappa shape index (κ1) is 32.5. The molecule has 9 N–H and O–H groups in total. The number of aromatic nitrogens is 13. The van der Waals surface area contributed by atoms with E-state index < -0.39 is 0 Å². The maximum atomic E-state index is 14.1. The Bertz CT molecular complexity index is 2770. The van der Waals surface area contributed by atoms with Crippen LogP contribution in [0.1, 0.15) is 11.1 Å². The Balaban J connectivity index is 0.000000151. The second kappa shape index (κ2) is 13.2. The highest BCUT2D eigenvalue weighted by Gasteiger charge is 2.20. The molecule has 0 aliphatic carbocycles. The molecule has 2 aromatic carbocycles. The number of fused-ring (bicyclic) bond motifs is 3. The van der Waals surface area contributed by atoms with Gasteiger partial charge in [0.15, 0.2) is 45.9 Å². The number of benzene rings is 2. The van der Waals surface area contributed by atoms with Gasteiger partial charge in [0.05, 0.1) is 23.9 Å². The largest absolute Gasteiger partial charge is 0.393 e. The molecular formula is C34H27F2N17. The number of pyridine rings is 2. The van der Waals surface area contributed by atoms with Crippen molar-refractivity contribution in [2.24, 2.45) is 0 Å². The van der Waals surface area contributed by atoms with Crippen molar-refractivity contribution in [2.75, 3.05) is 22.9 Å². The molecule has 0 fully saturated rings. The van der Waals surface area contributed by atoms with E-state index in [1.807, 2.05) is 12.1 Å². The minimum absolute atomic E-state index is 0.0770. The molecule has 0 saturated carbocycles. The van der Waals surface area contributed by atoms with E-state index in [-0.39, 0.29) is 53.7 Å². The van der Waals surface area contributed by atoms with E-state index in [1.165, 1.54) is 12.1 Å². The number of aromatic amines is 1. The third kappa shape index (κ3) is 6.07. The van der Waals surface area contributed by atoms with Crippen LogP contribution in [0.2, 0.25) is 0 Å². The average Bonchev–Trinajstić information content (AvgIpc) is 3.89. The topological polar surface area (TPSA) is 259 Å². The zero-order chi connectivity index (χ0) is 36.6. The van der Waals surface area contributed by atoms with E-state index in [0.29, 0.717) is 56.2 Å². The Morgan fingerprint density at radius 1 is 0.566 bits per heavy atom. The van der Waals surface area contributed by atoms with Crippen molar-refractivity contribution in [3.8, 4) is 23.0 Å². The Morgan fingerprint density at radius 3 is 1.58 bits per heavy atom. The summed E-state index contributed by atoms with van der Waals surface area (Å²) in [6.07, 6.45) is 3.29. The third-order valence-corrected chi connectivity index (χ3v) is 8.21. The molecule has 0 unspecified atom stereocenters. The van der Waals surface area contributed by atoms with E-state index in [9.17, 15) is 8.78 Å². The molecular weight excluding hydrogens is 684 g/mol. The number of hydrogen-bond donors (Lipinski definition) is 5. The maximum absolute atomic E-state index is 14.1. The van der Waals surface area contributed by atoms with Crippen LogP contribution in [-0.2, 0) is 13.1 Å².